The molecule has 0 saturated carbocycles. The van der Waals surface area contributed by atoms with Crippen molar-refractivity contribution in [3.05, 3.63) is 65.0 Å². The van der Waals surface area contributed by atoms with E-state index in [0.717, 1.165) is 5.56 Å². The number of phenols is 1. The van der Waals surface area contributed by atoms with Crippen LogP contribution in [0.3, 0.4) is 0 Å². The predicted octanol–water partition coefficient (Wildman–Crippen LogP) is 2.41. The summed E-state index contributed by atoms with van der Waals surface area (Å²) in [5, 5.41) is 12.8. The number of amides is 2. The van der Waals surface area contributed by atoms with Crippen LogP contribution >= 0.6 is 0 Å². The molecule has 2 amide bonds. The van der Waals surface area contributed by atoms with Gasteiger partial charge in [0, 0.05) is 19.5 Å². The number of nitrogens with zero attached hydrogens (tertiary/aromatic N) is 1. The first-order valence-corrected chi connectivity index (χ1v) is 8.55. The molecule has 3 rings (SSSR count). The zero-order valence-electron chi connectivity index (χ0n) is 14.5. The number of benzene rings is 2. The van der Waals surface area contributed by atoms with Crippen LogP contribution in [0, 0.1) is 12.7 Å². The standard InChI is InChI=1S/C20H21FN2O3/c1-13-3-2-4-17(19(13)25)20(26)22-16-11-18(24)23(12-16)10-9-14-5-7-15(21)8-6-14/h2-8,16,25H,9-12H2,1H3,(H,22,26). The Kier molecular flexibility index (Phi) is 5.21. The zero-order valence-corrected chi connectivity index (χ0v) is 14.5. The minimum Gasteiger partial charge on any atom is -0.507 e. The number of halogens is 1. The lowest BCUT2D eigenvalue weighted by atomic mass is 10.1. The van der Waals surface area contributed by atoms with Gasteiger partial charge in [0.2, 0.25) is 5.91 Å². The maximum absolute atomic E-state index is 12.9. The van der Waals surface area contributed by atoms with E-state index in [1.54, 1.807) is 42.2 Å². The van der Waals surface area contributed by atoms with Gasteiger partial charge in [-0.15, -0.1) is 0 Å². The Bertz CT molecular complexity index is 820. The number of hydrogen-bond donors (Lipinski definition) is 2. The van der Waals surface area contributed by atoms with Gasteiger partial charge in [-0.05, 0) is 42.7 Å². The molecule has 6 heteroatoms. The molecule has 1 aliphatic rings. The summed E-state index contributed by atoms with van der Waals surface area (Å²) in [6.45, 7) is 2.67. The van der Waals surface area contributed by atoms with E-state index in [0.29, 0.717) is 25.1 Å². The Morgan fingerprint density at radius 3 is 2.73 bits per heavy atom. The number of phenolic OH excluding ortho intramolecular Hbond substituents is 1. The summed E-state index contributed by atoms with van der Waals surface area (Å²) < 4.78 is 12.9. The number of hydrogen-bond acceptors (Lipinski definition) is 3. The third-order valence-electron chi connectivity index (χ3n) is 4.62. The number of aryl methyl sites for hydroxylation is 1. The van der Waals surface area contributed by atoms with Crippen LogP contribution in [0.15, 0.2) is 42.5 Å². The van der Waals surface area contributed by atoms with Crippen molar-refractivity contribution in [3.8, 4) is 5.75 Å². The van der Waals surface area contributed by atoms with Crippen molar-refractivity contribution in [2.24, 2.45) is 0 Å². The monoisotopic (exact) mass is 356 g/mol. The normalized spacial score (nSPS) is 16.8. The van der Waals surface area contributed by atoms with E-state index in [4.69, 9.17) is 0 Å². The number of carbonyl (C=O) groups is 2. The number of carbonyl (C=O) groups excluding carboxylic acids is 2. The fourth-order valence-electron chi connectivity index (χ4n) is 3.11. The molecule has 1 unspecified atom stereocenters. The Morgan fingerprint density at radius 1 is 1.27 bits per heavy atom. The van der Waals surface area contributed by atoms with Crippen LogP contribution < -0.4 is 5.32 Å². The number of nitrogens with one attached hydrogen (secondary N) is 1. The minimum atomic E-state index is -0.385. The van der Waals surface area contributed by atoms with Crippen molar-refractivity contribution < 1.29 is 19.1 Å². The van der Waals surface area contributed by atoms with Gasteiger partial charge in [0.25, 0.3) is 5.91 Å². The van der Waals surface area contributed by atoms with E-state index in [9.17, 15) is 19.1 Å². The van der Waals surface area contributed by atoms with E-state index in [1.165, 1.54) is 12.1 Å². The van der Waals surface area contributed by atoms with E-state index < -0.39 is 0 Å². The van der Waals surface area contributed by atoms with Crippen molar-refractivity contribution in [2.75, 3.05) is 13.1 Å². The number of para-hydroxylation sites is 1. The van der Waals surface area contributed by atoms with E-state index in [1.807, 2.05) is 0 Å². The number of rotatable bonds is 5. The molecule has 2 aromatic carbocycles. The van der Waals surface area contributed by atoms with Crippen LogP contribution in [0.2, 0.25) is 0 Å². The molecule has 2 aromatic rings. The highest BCUT2D eigenvalue weighted by Crippen LogP contribution is 2.22. The molecule has 5 nitrogen and oxygen atoms in total. The lowest BCUT2D eigenvalue weighted by Gasteiger charge is -2.17. The molecule has 0 aliphatic carbocycles. The summed E-state index contributed by atoms with van der Waals surface area (Å²) in [6, 6.07) is 10.9. The maximum Gasteiger partial charge on any atom is 0.255 e. The molecular weight excluding hydrogens is 335 g/mol. The summed E-state index contributed by atoms with van der Waals surface area (Å²) in [5.41, 5.74) is 1.79. The highest BCUT2D eigenvalue weighted by Gasteiger charge is 2.30. The van der Waals surface area contributed by atoms with Gasteiger partial charge in [-0.25, -0.2) is 4.39 Å². The molecule has 1 heterocycles. The molecular formula is C20H21FN2O3. The average molecular weight is 356 g/mol. The second-order valence-corrected chi connectivity index (χ2v) is 6.56. The van der Waals surface area contributed by atoms with Gasteiger partial charge in [0.05, 0.1) is 11.6 Å². The van der Waals surface area contributed by atoms with Crippen molar-refractivity contribution in [1.82, 2.24) is 10.2 Å². The zero-order chi connectivity index (χ0) is 18.7. The second-order valence-electron chi connectivity index (χ2n) is 6.56. The van der Waals surface area contributed by atoms with Crippen molar-refractivity contribution in [2.45, 2.75) is 25.8 Å². The second kappa shape index (κ2) is 7.56. The molecule has 1 fully saturated rings. The first-order valence-electron chi connectivity index (χ1n) is 8.55. The van der Waals surface area contributed by atoms with Crippen molar-refractivity contribution >= 4 is 11.8 Å². The lowest BCUT2D eigenvalue weighted by Crippen LogP contribution is -2.37. The number of aromatic hydroxyl groups is 1. The molecule has 1 aliphatic heterocycles. The SMILES string of the molecule is Cc1cccc(C(=O)NC2CC(=O)N(CCc3ccc(F)cc3)C2)c1O. The van der Waals surface area contributed by atoms with Gasteiger partial charge in [-0.2, -0.15) is 0 Å². The molecule has 26 heavy (non-hydrogen) atoms. The topological polar surface area (TPSA) is 69.6 Å². The highest BCUT2D eigenvalue weighted by molar-refractivity contribution is 5.97. The van der Waals surface area contributed by atoms with Gasteiger partial charge < -0.3 is 15.3 Å². The summed E-state index contributed by atoms with van der Waals surface area (Å²) in [5.74, 6) is -0.731. The molecule has 0 spiro atoms. The summed E-state index contributed by atoms with van der Waals surface area (Å²) in [6.07, 6.45) is 0.868. The molecule has 1 saturated heterocycles. The summed E-state index contributed by atoms with van der Waals surface area (Å²) >= 11 is 0. The first-order chi connectivity index (χ1) is 12.4. The fourth-order valence-corrected chi connectivity index (χ4v) is 3.11. The Labute approximate surface area is 151 Å². The molecule has 0 aromatic heterocycles. The van der Waals surface area contributed by atoms with E-state index in [-0.39, 0.29) is 41.4 Å². The molecule has 136 valence electrons. The Morgan fingerprint density at radius 2 is 2.00 bits per heavy atom. The van der Waals surface area contributed by atoms with Gasteiger partial charge in [-0.1, -0.05) is 24.3 Å². The summed E-state index contributed by atoms with van der Waals surface area (Å²) in [7, 11) is 0. The third kappa shape index (κ3) is 4.02. The Hall–Kier alpha value is -2.89. The average Bonchev–Trinajstić information content (AvgIpc) is 2.96. The fraction of sp³-hybridized carbons (Fsp3) is 0.300. The van der Waals surface area contributed by atoms with Gasteiger partial charge in [0.1, 0.15) is 11.6 Å². The lowest BCUT2D eigenvalue weighted by molar-refractivity contribution is -0.127. The van der Waals surface area contributed by atoms with Crippen LogP contribution in [-0.2, 0) is 11.2 Å². The number of likely N-dealkylation sites (tertiary alicyclic amines) is 1. The smallest absolute Gasteiger partial charge is 0.255 e. The van der Waals surface area contributed by atoms with E-state index in [2.05, 4.69) is 5.32 Å². The molecule has 0 radical (unpaired) electrons. The minimum absolute atomic E-state index is 0.0223. The van der Waals surface area contributed by atoms with Gasteiger partial charge >= 0.3 is 0 Å². The highest BCUT2D eigenvalue weighted by atomic mass is 19.1. The molecule has 0 bridgehead atoms. The van der Waals surface area contributed by atoms with Crippen LogP contribution in [0.1, 0.15) is 27.9 Å². The van der Waals surface area contributed by atoms with Gasteiger partial charge in [0.15, 0.2) is 0 Å². The summed E-state index contributed by atoms with van der Waals surface area (Å²) in [4.78, 5) is 26.2. The van der Waals surface area contributed by atoms with E-state index >= 15 is 0 Å². The third-order valence-corrected chi connectivity index (χ3v) is 4.62. The van der Waals surface area contributed by atoms with Crippen LogP contribution in [0.25, 0.3) is 0 Å². The van der Waals surface area contributed by atoms with Crippen molar-refractivity contribution in [1.29, 1.82) is 0 Å². The van der Waals surface area contributed by atoms with Crippen molar-refractivity contribution in [3.63, 3.8) is 0 Å². The van der Waals surface area contributed by atoms with Gasteiger partial charge in [-0.3, -0.25) is 9.59 Å². The Balaban J connectivity index is 1.56. The maximum atomic E-state index is 12.9. The molecule has 1 atom stereocenters. The first kappa shape index (κ1) is 17.9. The van der Waals surface area contributed by atoms with Crippen LogP contribution in [0.5, 0.6) is 5.75 Å². The molecule has 2 N–H and O–H groups in total. The van der Waals surface area contributed by atoms with Crippen LogP contribution in [0.4, 0.5) is 4.39 Å². The predicted molar refractivity (Wildman–Crippen MR) is 95.4 cm³/mol. The largest absolute Gasteiger partial charge is 0.507 e. The quantitative estimate of drug-likeness (QED) is 0.864. The van der Waals surface area contributed by atoms with Crippen LogP contribution in [-0.4, -0.2) is 41.0 Å².